The van der Waals surface area contributed by atoms with Crippen molar-refractivity contribution < 1.29 is 22.7 Å². The van der Waals surface area contributed by atoms with Crippen molar-refractivity contribution in [3.63, 3.8) is 0 Å². The van der Waals surface area contributed by atoms with Gasteiger partial charge in [-0.2, -0.15) is 13.2 Å². The van der Waals surface area contributed by atoms with E-state index < -0.39 is 18.3 Å². The van der Waals surface area contributed by atoms with Gasteiger partial charge in [-0.15, -0.1) is 0 Å². The fourth-order valence-electron chi connectivity index (χ4n) is 3.46. The predicted octanol–water partition coefficient (Wildman–Crippen LogP) is 6.27. The zero-order valence-electron chi connectivity index (χ0n) is 17.6. The number of nitrogens with zero attached hydrogens (tertiary/aromatic N) is 3. The van der Waals surface area contributed by atoms with Gasteiger partial charge in [0.1, 0.15) is 18.0 Å². The fourth-order valence-corrected chi connectivity index (χ4v) is 3.70. The Hall–Kier alpha value is -2.29. The molecule has 0 saturated carbocycles. The summed E-state index contributed by atoms with van der Waals surface area (Å²) >= 11 is 3.25. The lowest BCUT2D eigenvalue weighted by atomic mass is 9.98. The summed E-state index contributed by atoms with van der Waals surface area (Å²) in [6, 6.07) is 10.2. The first-order chi connectivity index (χ1) is 14.4. The molecular formula is C22H25BrF3N3O2. The Morgan fingerprint density at radius 2 is 1.87 bits per heavy atom. The smallest absolute Gasteiger partial charge is 0.410 e. The van der Waals surface area contributed by atoms with Gasteiger partial charge in [-0.05, 0) is 73.0 Å². The summed E-state index contributed by atoms with van der Waals surface area (Å²) in [6.07, 6.45) is -2.48. The highest BCUT2D eigenvalue weighted by molar-refractivity contribution is 9.10. The number of benzene rings is 1. The summed E-state index contributed by atoms with van der Waals surface area (Å²) in [5.74, 6) is 0.327. The van der Waals surface area contributed by atoms with E-state index in [9.17, 15) is 18.0 Å². The first-order valence-electron chi connectivity index (χ1n) is 9.95. The van der Waals surface area contributed by atoms with E-state index in [1.54, 1.807) is 29.2 Å². The van der Waals surface area contributed by atoms with E-state index >= 15 is 0 Å². The molecule has 0 N–H and O–H groups in total. The van der Waals surface area contributed by atoms with E-state index in [-0.39, 0.29) is 17.8 Å². The third-order valence-corrected chi connectivity index (χ3v) is 5.31. The number of carbonyl (C=O) groups excluding carboxylic acids is 1. The molecule has 1 atom stereocenters. The van der Waals surface area contributed by atoms with Gasteiger partial charge in [0.05, 0.1) is 0 Å². The van der Waals surface area contributed by atoms with E-state index in [0.29, 0.717) is 23.2 Å². The van der Waals surface area contributed by atoms with Gasteiger partial charge in [-0.25, -0.2) is 9.78 Å². The van der Waals surface area contributed by atoms with E-state index in [0.717, 1.165) is 16.9 Å². The van der Waals surface area contributed by atoms with Crippen molar-refractivity contribution in [1.29, 1.82) is 0 Å². The number of alkyl halides is 3. The second-order valence-electron chi connectivity index (χ2n) is 8.54. The molecule has 9 heteroatoms. The molecule has 0 spiro atoms. The summed E-state index contributed by atoms with van der Waals surface area (Å²) in [5.41, 5.74) is 0.822. The van der Waals surface area contributed by atoms with Crippen LogP contribution < -0.4 is 4.90 Å². The summed E-state index contributed by atoms with van der Waals surface area (Å²) in [4.78, 5) is 19.2. The zero-order chi connectivity index (χ0) is 22.8. The minimum absolute atomic E-state index is 0.114. The fraction of sp³-hybridized carbons (Fsp3) is 0.455. The van der Waals surface area contributed by atoms with E-state index in [1.165, 1.54) is 6.20 Å². The second-order valence-corrected chi connectivity index (χ2v) is 9.46. The number of aromatic nitrogens is 1. The quantitative estimate of drug-likeness (QED) is 0.497. The highest BCUT2D eigenvalue weighted by atomic mass is 79.9. The zero-order valence-corrected chi connectivity index (χ0v) is 19.2. The molecule has 1 saturated heterocycles. The van der Waals surface area contributed by atoms with Crippen molar-refractivity contribution in [2.24, 2.45) is 0 Å². The van der Waals surface area contributed by atoms with Crippen molar-refractivity contribution in [3.05, 3.63) is 52.6 Å². The third kappa shape index (κ3) is 6.59. The average molecular weight is 500 g/mol. The first-order valence-corrected chi connectivity index (χ1v) is 10.7. The van der Waals surface area contributed by atoms with Crippen LogP contribution in [0.4, 0.5) is 29.5 Å². The molecule has 1 aromatic heterocycles. The Morgan fingerprint density at radius 3 is 2.42 bits per heavy atom. The molecule has 31 heavy (non-hydrogen) atoms. The lowest BCUT2D eigenvalue weighted by Crippen LogP contribution is -2.35. The molecule has 2 aromatic rings. The van der Waals surface area contributed by atoms with Gasteiger partial charge in [-0.1, -0.05) is 12.1 Å². The maximum Gasteiger partial charge on any atom is 0.410 e. The molecule has 5 nitrogen and oxygen atoms in total. The number of anilines is 2. The molecule has 0 aliphatic carbocycles. The van der Waals surface area contributed by atoms with Gasteiger partial charge >= 0.3 is 12.3 Å². The largest absolute Gasteiger partial charge is 0.444 e. The number of carbonyl (C=O) groups is 1. The van der Waals surface area contributed by atoms with Crippen molar-refractivity contribution in [2.75, 3.05) is 24.5 Å². The Morgan fingerprint density at radius 1 is 1.19 bits per heavy atom. The van der Waals surface area contributed by atoms with Crippen LogP contribution in [-0.2, 0) is 4.74 Å². The molecule has 1 fully saturated rings. The van der Waals surface area contributed by atoms with Gasteiger partial charge in [0, 0.05) is 35.4 Å². The van der Waals surface area contributed by atoms with Crippen LogP contribution in [-0.4, -0.2) is 47.4 Å². The highest BCUT2D eigenvalue weighted by Gasteiger charge is 2.33. The molecule has 1 aromatic carbocycles. The highest BCUT2D eigenvalue weighted by Crippen LogP contribution is 2.33. The van der Waals surface area contributed by atoms with Crippen LogP contribution in [0.5, 0.6) is 0 Å². The van der Waals surface area contributed by atoms with E-state index in [2.05, 4.69) is 20.9 Å². The van der Waals surface area contributed by atoms with Crippen molar-refractivity contribution >= 4 is 33.5 Å². The molecule has 0 bridgehead atoms. The Kier molecular flexibility index (Phi) is 6.83. The van der Waals surface area contributed by atoms with Gasteiger partial charge in [0.2, 0.25) is 0 Å². The van der Waals surface area contributed by atoms with Crippen molar-refractivity contribution in [2.45, 2.75) is 44.9 Å². The standard InChI is InChI=1S/C22H25BrF3N3O2/c1-21(2,3)31-20(30)28-11-10-16(13-28)15-4-7-18(8-5-15)29(14-22(24,25)26)19-9-6-17(23)12-27-19/h4-9,12,16H,10-11,13-14H2,1-3H3. The molecule has 0 radical (unpaired) electrons. The Labute approximate surface area is 188 Å². The summed E-state index contributed by atoms with van der Waals surface area (Å²) < 4.78 is 45.7. The van der Waals surface area contributed by atoms with Crippen molar-refractivity contribution in [1.82, 2.24) is 9.88 Å². The number of rotatable bonds is 4. The normalized spacial score (nSPS) is 17.0. The first kappa shape index (κ1) is 23.4. The Balaban J connectivity index is 1.74. The topological polar surface area (TPSA) is 45.7 Å². The number of amides is 1. The minimum Gasteiger partial charge on any atom is -0.444 e. The molecule has 3 rings (SSSR count). The Bertz CT molecular complexity index is 896. The van der Waals surface area contributed by atoms with Crippen LogP contribution in [0, 0.1) is 0 Å². The average Bonchev–Trinajstić information content (AvgIpc) is 3.15. The van der Waals surface area contributed by atoms with Gasteiger partial charge in [0.25, 0.3) is 0 Å². The van der Waals surface area contributed by atoms with Crippen LogP contribution in [0.25, 0.3) is 0 Å². The molecule has 1 aliphatic heterocycles. The number of hydrogen-bond donors (Lipinski definition) is 0. The maximum absolute atomic E-state index is 13.2. The number of ether oxygens (including phenoxy) is 1. The minimum atomic E-state index is -4.38. The predicted molar refractivity (Wildman–Crippen MR) is 117 cm³/mol. The van der Waals surface area contributed by atoms with Crippen LogP contribution in [0.1, 0.15) is 38.7 Å². The summed E-state index contributed by atoms with van der Waals surface area (Å²) in [6.45, 7) is 5.44. The lowest BCUT2D eigenvalue weighted by molar-refractivity contribution is -0.118. The number of likely N-dealkylation sites (tertiary alicyclic amines) is 1. The molecule has 1 aliphatic rings. The second kappa shape index (κ2) is 9.06. The molecule has 1 unspecified atom stereocenters. The summed E-state index contributed by atoms with van der Waals surface area (Å²) in [7, 11) is 0. The maximum atomic E-state index is 13.2. The monoisotopic (exact) mass is 499 g/mol. The van der Waals surface area contributed by atoms with Crippen LogP contribution in [0.2, 0.25) is 0 Å². The van der Waals surface area contributed by atoms with E-state index in [1.807, 2.05) is 32.9 Å². The summed E-state index contributed by atoms with van der Waals surface area (Å²) in [5, 5.41) is 0. The van der Waals surface area contributed by atoms with Crippen LogP contribution >= 0.6 is 15.9 Å². The molecule has 168 valence electrons. The van der Waals surface area contributed by atoms with Crippen LogP contribution in [0.15, 0.2) is 47.1 Å². The van der Waals surface area contributed by atoms with Gasteiger partial charge < -0.3 is 14.5 Å². The molecule has 1 amide bonds. The van der Waals surface area contributed by atoms with Crippen LogP contribution in [0.3, 0.4) is 0 Å². The molecular weight excluding hydrogens is 475 g/mol. The lowest BCUT2D eigenvalue weighted by Gasteiger charge is -2.26. The SMILES string of the molecule is CC(C)(C)OC(=O)N1CCC(c2ccc(N(CC(F)(F)F)c3ccc(Br)cn3)cc2)C1. The van der Waals surface area contributed by atoms with E-state index in [4.69, 9.17) is 4.74 Å². The van der Waals surface area contributed by atoms with Crippen molar-refractivity contribution in [3.8, 4) is 0 Å². The van der Waals surface area contributed by atoms with Gasteiger partial charge in [-0.3, -0.25) is 0 Å². The number of hydrogen-bond acceptors (Lipinski definition) is 4. The third-order valence-electron chi connectivity index (χ3n) is 4.84. The number of pyridine rings is 1. The van der Waals surface area contributed by atoms with Gasteiger partial charge in [0.15, 0.2) is 0 Å². The molecule has 2 heterocycles. The number of halogens is 4.